The van der Waals surface area contributed by atoms with Crippen LogP contribution in [0.2, 0.25) is 0 Å². The summed E-state index contributed by atoms with van der Waals surface area (Å²) >= 11 is 0. The molecule has 1 N–H and O–H groups in total. The van der Waals surface area contributed by atoms with Gasteiger partial charge in [-0.15, -0.1) is 0 Å². The fourth-order valence-corrected chi connectivity index (χ4v) is 2.51. The monoisotopic (exact) mass is 332 g/mol. The molecular weight excluding hydrogens is 312 g/mol. The van der Waals surface area contributed by atoms with Gasteiger partial charge in [0.2, 0.25) is 10.0 Å². The number of nitrogens with one attached hydrogen (secondary N) is 1. The van der Waals surface area contributed by atoms with Crippen LogP contribution >= 0.6 is 0 Å². The molecular formula is C13H20N2O6S. The molecule has 8 nitrogen and oxygen atoms in total. The average molecular weight is 332 g/mol. The van der Waals surface area contributed by atoms with Crippen LogP contribution in [0.5, 0.6) is 0 Å². The van der Waals surface area contributed by atoms with E-state index < -0.39 is 14.9 Å². The third-order valence-corrected chi connectivity index (χ3v) is 4.16. The maximum Gasteiger partial charge on any atom is 0.269 e. The van der Waals surface area contributed by atoms with Gasteiger partial charge >= 0.3 is 0 Å². The third-order valence-electron chi connectivity index (χ3n) is 2.81. The second-order valence-electron chi connectivity index (χ2n) is 4.49. The summed E-state index contributed by atoms with van der Waals surface area (Å²) in [6.45, 7) is 1.12. The van der Waals surface area contributed by atoms with Gasteiger partial charge in [-0.25, -0.2) is 13.1 Å². The van der Waals surface area contributed by atoms with E-state index in [1.165, 1.54) is 12.1 Å². The van der Waals surface area contributed by atoms with E-state index in [1.54, 1.807) is 19.2 Å². The van der Waals surface area contributed by atoms with Crippen molar-refractivity contribution in [2.45, 2.75) is 6.42 Å². The Morgan fingerprint density at radius 1 is 1.18 bits per heavy atom. The zero-order valence-corrected chi connectivity index (χ0v) is 13.2. The number of methoxy groups -OCH3 is 1. The molecule has 0 amide bonds. The number of rotatable bonds is 11. The first kappa shape index (κ1) is 18.5. The lowest BCUT2D eigenvalue weighted by molar-refractivity contribution is -0.384. The predicted molar refractivity (Wildman–Crippen MR) is 81.3 cm³/mol. The first-order valence-electron chi connectivity index (χ1n) is 6.72. The van der Waals surface area contributed by atoms with E-state index in [4.69, 9.17) is 9.47 Å². The summed E-state index contributed by atoms with van der Waals surface area (Å²) in [5, 5.41) is 10.5. The summed E-state index contributed by atoms with van der Waals surface area (Å²) in [5.74, 6) is -0.114. The summed E-state index contributed by atoms with van der Waals surface area (Å²) in [7, 11) is -1.84. The van der Waals surface area contributed by atoms with Crippen molar-refractivity contribution in [1.29, 1.82) is 0 Å². The summed E-state index contributed by atoms with van der Waals surface area (Å²) in [6.07, 6.45) is 0.460. The number of sulfonamides is 1. The highest BCUT2D eigenvalue weighted by atomic mass is 32.2. The Morgan fingerprint density at radius 2 is 1.86 bits per heavy atom. The molecule has 0 aliphatic carbocycles. The number of hydrogen-bond acceptors (Lipinski definition) is 6. The van der Waals surface area contributed by atoms with Gasteiger partial charge in [0.1, 0.15) is 0 Å². The SMILES string of the molecule is COCCOCCS(=O)(=O)NCCc1ccc([N+](=O)[O-])cc1. The van der Waals surface area contributed by atoms with E-state index in [0.717, 1.165) is 5.56 Å². The van der Waals surface area contributed by atoms with Gasteiger partial charge in [0, 0.05) is 25.8 Å². The molecule has 1 rings (SSSR count). The van der Waals surface area contributed by atoms with Gasteiger partial charge in [0.25, 0.3) is 5.69 Å². The standard InChI is InChI=1S/C13H20N2O6S/c1-20-8-9-21-10-11-22(18,19)14-7-6-12-2-4-13(5-3-12)15(16)17/h2-5,14H,6-11H2,1H3. The van der Waals surface area contributed by atoms with Crippen molar-refractivity contribution < 1.29 is 22.8 Å². The van der Waals surface area contributed by atoms with Gasteiger partial charge < -0.3 is 9.47 Å². The fraction of sp³-hybridized carbons (Fsp3) is 0.538. The molecule has 22 heavy (non-hydrogen) atoms. The van der Waals surface area contributed by atoms with Crippen LogP contribution in [-0.2, 0) is 25.9 Å². The second-order valence-corrected chi connectivity index (χ2v) is 6.42. The number of nitro groups is 1. The van der Waals surface area contributed by atoms with Crippen molar-refractivity contribution in [3.63, 3.8) is 0 Å². The van der Waals surface area contributed by atoms with Gasteiger partial charge in [0.05, 0.1) is 30.5 Å². The van der Waals surface area contributed by atoms with Crippen LogP contribution in [0.15, 0.2) is 24.3 Å². The smallest absolute Gasteiger partial charge is 0.269 e. The molecule has 124 valence electrons. The van der Waals surface area contributed by atoms with Crippen molar-refractivity contribution >= 4 is 15.7 Å². The molecule has 0 saturated heterocycles. The largest absolute Gasteiger partial charge is 0.382 e. The molecule has 0 atom stereocenters. The van der Waals surface area contributed by atoms with Crippen LogP contribution in [0.1, 0.15) is 5.56 Å². The summed E-state index contributed by atoms with van der Waals surface area (Å²) in [6, 6.07) is 6.02. The quantitative estimate of drug-likeness (QED) is 0.363. The molecule has 0 aliphatic rings. The van der Waals surface area contributed by atoms with Crippen LogP contribution in [0, 0.1) is 10.1 Å². The molecule has 0 radical (unpaired) electrons. The number of nitro benzene ring substituents is 1. The lowest BCUT2D eigenvalue weighted by Gasteiger charge is -2.07. The molecule has 0 bridgehead atoms. The lowest BCUT2D eigenvalue weighted by Crippen LogP contribution is -2.30. The number of nitrogens with zero attached hydrogens (tertiary/aromatic N) is 1. The normalized spacial score (nSPS) is 11.5. The van der Waals surface area contributed by atoms with E-state index >= 15 is 0 Å². The molecule has 0 aromatic heterocycles. The lowest BCUT2D eigenvalue weighted by atomic mass is 10.1. The van der Waals surface area contributed by atoms with Crippen LogP contribution in [-0.4, -0.2) is 52.6 Å². The van der Waals surface area contributed by atoms with E-state index in [9.17, 15) is 18.5 Å². The summed E-state index contributed by atoms with van der Waals surface area (Å²) in [5.41, 5.74) is 0.835. The number of ether oxygens (including phenoxy) is 2. The highest BCUT2D eigenvalue weighted by Crippen LogP contribution is 2.11. The minimum absolute atomic E-state index is 0.0116. The molecule has 0 unspecified atom stereocenters. The molecule has 0 aliphatic heterocycles. The summed E-state index contributed by atoms with van der Waals surface area (Å²) < 4.78 is 35.7. The minimum Gasteiger partial charge on any atom is -0.382 e. The third kappa shape index (κ3) is 7.46. The predicted octanol–water partition coefficient (Wildman–Crippen LogP) is 0.720. The van der Waals surface area contributed by atoms with Crippen molar-refractivity contribution in [2.75, 3.05) is 39.2 Å². The van der Waals surface area contributed by atoms with Crippen molar-refractivity contribution in [1.82, 2.24) is 4.72 Å². The van der Waals surface area contributed by atoms with E-state index in [0.29, 0.717) is 19.6 Å². The maximum absolute atomic E-state index is 11.7. The van der Waals surface area contributed by atoms with Gasteiger partial charge in [0.15, 0.2) is 0 Å². The van der Waals surface area contributed by atoms with E-state index in [2.05, 4.69) is 4.72 Å². The van der Waals surface area contributed by atoms with Crippen LogP contribution < -0.4 is 4.72 Å². The Bertz CT molecular complexity index is 558. The highest BCUT2D eigenvalue weighted by molar-refractivity contribution is 7.89. The van der Waals surface area contributed by atoms with Crippen LogP contribution in [0.25, 0.3) is 0 Å². The Labute approximate surface area is 129 Å². The molecule has 9 heteroatoms. The van der Waals surface area contributed by atoms with E-state index in [-0.39, 0.29) is 24.6 Å². The van der Waals surface area contributed by atoms with Gasteiger partial charge in [-0.1, -0.05) is 12.1 Å². The molecule has 0 spiro atoms. The van der Waals surface area contributed by atoms with E-state index in [1.807, 2.05) is 0 Å². The first-order chi connectivity index (χ1) is 10.4. The number of non-ortho nitro benzene ring substituents is 1. The Balaban J connectivity index is 2.28. The Kier molecular flexibility index (Phi) is 7.96. The van der Waals surface area contributed by atoms with Crippen LogP contribution in [0.3, 0.4) is 0 Å². The Hall–Kier alpha value is -1.55. The number of benzene rings is 1. The Morgan fingerprint density at radius 3 is 2.45 bits per heavy atom. The molecule has 0 fully saturated rings. The topological polar surface area (TPSA) is 108 Å². The highest BCUT2D eigenvalue weighted by Gasteiger charge is 2.10. The van der Waals surface area contributed by atoms with Gasteiger partial charge in [-0.3, -0.25) is 10.1 Å². The zero-order chi connectivity index (χ0) is 16.4. The molecule has 0 heterocycles. The van der Waals surface area contributed by atoms with Crippen molar-refractivity contribution in [3.8, 4) is 0 Å². The average Bonchev–Trinajstić information content (AvgIpc) is 2.47. The molecule has 1 aromatic rings. The van der Waals surface area contributed by atoms with Gasteiger partial charge in [-0.05, 0) is 12.0 Å². The molecule has 1 aromatic carbocycles. The summed E-state index contributed by atoms with van der Waals surface area (Å²) in [4.78, 5) is 10.0. The van der Waals surface area contributed by atoms with Crippen molar-refractivity contribution in [3.05, 3.63) is 39.9 Å². The maximum atomic E-state index is 11.7. The van der Waals surface area contributed by atoms with Crippen LogP contribution in [0.4, 0.5) is 5.69 Å². The first-order valence-corrected chi connectivity index (χ1v) is 8.37. The van der Waals surface area contributed by atoms with Gasteiger partial charge in [-0.2, -0.15) is 0 Å². The molecule has 0 saturated carbocycles. The minimum atomic E-state index is -3.38. The van der Waals surface area contributed by atoms with Crippen molar-refractivity contribution in [2.24, 2.45) is 0 Å². The number of hydrogen-bond donors (Lipinski definition) is 1. The fourth-order valence-electron chi connectivity index (χ4n) is 1.62. The second kappa shape index (κ2) is 9.46. The zero-order valence-electron chi connectivity index (χ0n) is 12.4.